The number of amidine groups is 1. The van der Waals surface area contributed by atoms with Gasteiger partial charge in [-0.3, -0.25) is 0 Å². The summed E-state index contributed by atoms with van der Waals surface area (Å²) in [6, 6.07) is 7.92. The van der Waals surface area contributed by atoms with Gasteiger partial charge in [0.2, 0.25) is 0 Å². The maximum absolute atomic E-state index is 5.78. The number of nitrogens with zero attached hydrogens (tertiary/aromatic N) is 1. The Labute approximate surface area is 184 Å². The first-order chi connectivity index (χ1) is 14.3. The summed E-state index contributed by atoms with van der Waals surface area (Å²) in [4.78, 5) is 4.68. The molecule has 1 aliphatic heterocycles. The zero-order valence-corrected chi connectivity index (χ0v) is 20.0. The van der Waals surface area contributed by atoms with Crippen molar-refractivity contribution < 1.29 is 4.74 Å². The number of anilines is 1. The summed E-state index contributed by atoms with van der Waals surface area (Å²) >= 11 is 0. The van der Waals surface area contributed by atoms with E-state index in [-0.39, 0.29) is 0 Å². The second-order valence-corrected chi connectivity index (χ2v) is 7.98. The van der Waals surface area contributed by atoms with Crippen LogP contribution in [0.3, 0.4) is 0 Å². The maximum atomic E-state index is 5.78. The van der Waals surface area contributed by atoms with Gasteiger partial charge in [0, 0.05) is 36.4 Å². The van der Waals surface area contributed by atoms with Crippen LogP contribution in [-0.4, -0.2) is 19.0 Å². The van der Waals surface area contributed by atoms with Crippen LogP contribution >= 0.6 is 0 Å². The molecule has 1 aromatic carbocycles. The fraction of sp³-hybridized carbons (Fsp3) is 0.500. The molecule has 0 aliphatic carbocycles. The monoisotopic (exact) mass is 411 g/mol. The molecule has 0 aromatic heterocycles. The summed E-state index contributed by atoms with van der Waals surface area (Å²) < 4.78 is 5.13. The van der Waals surface area contributed by atoms with Crippen LogP contribution < -0.4 is 11.1 Å². The molecule has 1 heterocycles. The van der Waals surface area contributed by atoms with Gasteiger partial charge in [0.1, 0.15) is 5.84 Å². The lowest BCUT2D eigenvalue weighted by Gasteiger charge is -2.10. The van der Waals surface area contributed by atoms with E-state index in [2.05, 4.69) is 64.9 Å². The second kappa shape index (κ2) is 13.8. The van der Waals surface area contributed by atoms with Gasteiger partial charge in [0.15, 0.2) is 0 Å². The van der Waals surface area contributed by atoms with E-state index in [1.165, 1.54) is 16.7 Å². The molecule has 166 valence electrons. The number of allylic oxidation sites excluding steroid dienone is 2. The molecular formula is C26H41N3O. The lowest BCUT2D eigenvalue weighted by molar-refractivity contribution is 0.135. The molecule has 4 heteroatoms. The Morgan fingerprint density at radius 2 is 1.67 bits per heavy atom. The molecule has 0 fully saturated rings. The van der Waals surface area contributed by atoms with E-state index in [1.54, 1.807) is 0 Å². The fourth-order valence-electron chi connectivity index (χ4n) is 2.63. The number of benzene rings is 1. The molecule has 3 N–H and O–H groups in total. The Balaban J connectivity index is 0.000000553. The van der Waals surface area contributed by atoms with E-state index in [0.717, 1.165) is 55.3 Å². The van der Waals surface area contributed by atoms with Crippen LogP contribution in [-0.2, 0) is 4.74 Å². The number of hydrogen-bond acceptors (Lipinski definition) is 3. The molecule has 0 bridgehead atoms. The number of nitrogen functional groups attached to an aromatic ring is 1. The highest BCUT2D eigenvalue weighted by Gasteiger charge is 2.20. The molecule has 0 saturated carbocycles. The lowest BCUT2D eigenvalue weighted by Crippen LogP contribution is -2.17. The van der Waals surface area contributed by atoms with Crippen molar-refractivity contribution in [3.8, 4) is 0 Å². The van der Waals surface area contributed by atoms with Crippen molar-refractivity contribution in [1.29, 1.82) is 0 Å². The highest BCUT2D eigenvalue weighted by atomic mass is 16.5. The Hall–Kier alpha value is -2.33. The summed E-state index contributed by atoms with van der Waals surface area (Å²) in [7, 11) is 0. The Morgan fingerprint density at radius 3 is 2.17 bits per heavy atom. The number of rotatable bonds is 8. The average Bonchev–Trinajstić information content (AvgIpc) is 3.16. The molecule has 30 heavy (non-hydrogen) atoms. The molecule has 0 saturated heterocycles. The standard InChI is InChI=1S/C20H27N3.C6H14O/c1-6-14(4)12-22-20-18(15(5)13(2)3)11-19(23-20)16-7-9-17(21)10-8-16;1-3-5-7-6-4-2/h7-13H,6,21H2,1-5H3,(H,22,23);3-6H2,1-2H3/b14-12?,18-15+;. The molecule has 1 aliphatic rings. The van der Waals surface area contributed by atoms with Crippen molar-refractivity contribution in [2.45, 2.75) is 67.7 Å². The molecular weight excluding hydrogens is 370 g/mol. The minimum absolute atomic E-state index is 0.482. The first-order valence-corrected chi connectivity index (χ1v) is 11.2. The minimum Gasteiger partial charge on any atom is -0.399 e. The van der Waals surface area contributed by atoms with Crippen LogP contribution in [0.2, 0.25) is 0 Å². The van der Waals surface area contributed by atoms with Gasteiger partial charge in [-0.25, -0.2) is 4.99 Å². The minimum atomic E-state index is 0.482. The zero-order chi connectivity index (χ0) is 22.5. The summed E-state index contributed by atoms with van der Waals surface area (Å²) in [5, 5.41) is 3.46. The van der Waals surface area contributed by atoms with Crippen molar-refractivity contribution in [3.63, 3.8) is 0 Å². The van der Waals surface area contributed by atoms with Gasteiger partial charge in [0.25, 0.3) is 0 Å². The number of ether oxygens (including phenoxy) is 1. The predicted octanol–water partition coefficient (Wildman–Crippen LogP) is 6.72. The smallest absolute Gasteiger partial charge is 0.137 e. The number of nitrogens with one attached hydrogen (secondary N) is 1. The second-order valence-electron chi connectivity index (χ2n) is 7.98. The van der Waals surface area contributed by atoms with Gasteiger partial charge in [-0.05, 0) is 62.8 Å². The molecule has 0 radical (unpaired) electrons. The van der Waals surface area contributed by atoms with Crippen LogP contribution in [0.15, 0.2) is 58.3 Å². The number of hydrogen-bond donors (Lipinski definition) is 2. The summed E-state index contributed by atoms with van der Waals surface area (Å²) in [5.74, 6) is 1.41. The highest BCUT2D eigenvalue weighted by Crippen LogP contribution is 2.26. The predicted molar refractivity (Wildman–Crippen MR) is 132 cm³/mol. The fourth-order valence-corrected chi connectivity index (χ4v) is 2.63. The van der Waals surface area contributed by atoms with E-state index >= 15 is 0 Å². The van der Waals surface area contributed by atoms with Crippen molar-refractivity contribution in [2.24, 2.45) is 10.9 Å². The Kier molecular flexibility index (Phi) is 11.8. The number of aliphatic imine (C=N–C) groups is 1. The first-order valence-electron chi connectivity index (χ1n) is 11.2. The average molecular weight is 412 g/mol. The molecule has 1 aromatic rings. The van der Waals surface area contributed by atoms with Gasteiger partial charge < -0.3 is 15.8 Å². The van der Waals surface area contributed by atoms with E-state index in [4.69, 9.17) is 10.5 Å². The van der Waals surface area contributed by atoms with Crippen LogP contribution in [0.1, 0.15) is 73.3 Å². The Morgan fingerprint density at radius 1 is 1.07 bits per heavy atom. The van der Waals surface area contributed by atoms with Crippen LogP contribution in [0.5, 0.6) is 0 Å². The zero-order valence-electron chi connectivity index (χ0n) is 20.0. The molecule has 0 amide bonds. The third kappa shape index (κ3) is 8.58. The highest BCUT2D eigenvalue weighted by molar-refractivity contribution is 6.11. The molecule has 4 nitrogen and oxygen atoms in total. The number of nitrogens with two attached hydrogens (primary N) is 1. The quantitative estimate of drug-likeness (QED) is 0.369. The van der Waals surface area contributed by atoms with Crippen molar-refractivity contribution in [3.05, 3.63) is 58.8 Å². The van der Waals surface area contributed by atoms with Crippen molar-refractivity contribution >= 4 is 17.2 Å². The normalized spacial score (nSPS) is 16.9. The van der Waals surface area contributed by atoms with Gasteiger partial charge in [-0.15, -0.1) is 0 Å². The Bertz CT molecular complexity index is 764. The van der Waals surface area contributed by atoms with Gasteiger partial charge in [0.05, 0.1) is 0 Å². The van der Waals surface area contributed by atoms with Gasteiger partial charge >= 0.3 is 0 Å². The molecule has 0 unspecified atom stereocenters. The first kappa shape index (κ1) is 25.7. The van der Waals surface area contributed by atoms with Crippen molar-refractivity contribution in [2.75, 3.05) is 18.9 Å². The van der Waals surface area contributed by atoms with Crippen molar-refractivity contribution in [1.82, 2.24) is 5.32 Å². The molecule has 0 spiro atoms. The molecule has 2 rings (SSSR count). The lowest BCUT2D eigenvalue weighted by atomic mass is 9.98. The van der Waals surface area contributed by atoms with Gasteiger partial charge in [-0.1, -0.05) is 57.9 Å². The van der Waals surface area contributed by atoms with Crippen LogP contribution in [0, 0.1) is 5.92 Å². The third-order valence-corrected chi connectivity index (χ3v) is 4.98. The largest absolute Gasteiger partial charge is 0.399 e. The summed E-state index contributed by atoms with van der Waals surface area (Å²) in [5.41, 5.74) is 12.5. The SMILES string of the molecule is CCC(C)=CN=C1NC(c2ccc(N)cc2)=C/C1=C(/C)C(C)C.CCCOCCC. The van der Waals surface area contributed by atoms with Crippen LogP contribution in [0.4, 0.5) is 5.69 Å². The summed E-state index contributed by atoms with van der Waals surface area (Å²) in [6.07, 6.45) is 7.43. The van der Waals surface area contributed by atoms with E-state index in [0.29, 0.717) is 5.92 Å². The van der Waals surface area contributed by atoms with Crippen LogP contribution in [0.25, 0.3) is 5.70 Å². The van der Waals surface area contributed by atoms with E-state index in [9.17, 15) is 0 Å². The third-order valence-electron chi connectivity index (χ3n) is 4.98. The topological polar surface area (TPSA) is 59.6 Å². The molecule has 0 atom stereocenters. The van der Waals surface area contributed by atoms with Gasteiger partial charge in [-0.2, -0.15) is 0 Å². The van der Waals surface area contributed by atoms with E-state index < -0.39 is 0 Å². The summed E-state index contributed by atoms with van der Waals surface area (Å²) in [6.45, 7) is 16.9. The maximum Gasteiger partial charge on any atom is 0.137 e. The van der Waals surface area contributed by atoms with E-state index in [1.807, 2.05) is 30.5 Å².